The van der Waals surface area contributed by atoms with Gasteiger partial charge in [0.15, 0.2) is 5.78 Å². The van der Waals surface area contributed by atoms with Crippen LogP contribution in [-0.2, 0) is 11.2 Å². The van der Waals surface area contributed by atoms with Crippen LogP contribution < -0.4 is 9.47 Å². The average Bonchev–Trinajstić information content (AvgIpc) is 2.54. The van der Waals surface area contributed by atoms with Crippen LogP contribution in [0.15, 0.2) is 48.5 Å². The lowest BCUT2D eigenvalue weighted by atomic mass is 10.1. The van der Waals surface area contributed by atoms with E-state index in [4.69, 9.17) is 9.47 Å². The minimum absolute atomic E-state index is 0.0163. The van der Waals surface area contributed by atoms with Crippen LogP contribution in [0.2, 0.25) is 0 Å². The van der Waals surface area contributed by atoms with Crippen molar-refractivity contribution < 1.29 is 19.1 Å². The summed E-state index contributed by atoms with van der Waals surface area (Å²) in [6.45, 7) is 1.50. The standard InChI is InChI=1S/C18H18O4/c1-13(19)15-6-10-17(11-7-15)22-18(20)12-5-14-3-8-16(21-2)9-4-14/h3-4,6-11H,5,12H2,1-2H3. The molecule has 0 radical (unpaired) electrons. The third-order valence-corrected chi connectivity index (χ3v) is 3.27. The van der Waals surface area contributed by atoms with Crippen molar-refractivity contribution in [1.29, 1.82) is 0 Å². The Morgan fingerprint density at radius 3 is 2.05 bits per heavy atom. The fourth-order valence-corrected chi connectivity index (χ4v) is 1.98. The number of esters is 1. The summed E-state index contributed by atoms with van der Waals surface area (Å²) in [4.78, 5) is 23.0. The minimum atomic E-state index is -0.300. The van der Waals surface area contributed by atoms with Crippen LogP contribution in [0.3, 0.4) is 0 Å². The Labute approximate surface area is 129 Å². The number of rotatable bonds is 6. The Morgan fingerprint density at radius 1 is 0.909 bits per heavy atom. The normalized spacial score (nSPS) is 10.1. The number of Topliss-reactive ketones (excluding diaryl/α,β-unsaturated/α-hetero) is 1. The van der Waals surface area contributed by atoms with E-state index in [2.05, 4.69) is 0 Å². The van der Waals surface area contributed by atoms with Crippen LogP contribution in [0.5, 0.6) is 11.5 Å². The van der Waals surface area contributed by atoms with E-state index in [1.807, 2.05) is 24.3 Å². The molecule has 0 aromatic heterocycles. The predicted molar refractivity (Wildman–Crippen MR) is 83.4 cm³/mol. The molecule has 0 aliphatic heterocycles. The van der Waals surface area contributed by atoms with Gasteiger partial charge in [-0.1, -0.05) is 12.1 Å². The summed E-state index contributed by atoms with van der Waals surface area (Å²) in [5.41, 5.74) is 1.64. The number of ether oxygens (including phenoxy) is 2. The van der Waals surface area contributed by atoms with Gasteiger partial charge in [-0.3, -0.25) is 9.59 Å². The molecule has 22 heavy (non-hydrogen) atoms. The number of ketones is 1. The van der Waals surface area contributed by atoms with Gasteiger partial charge < -0.3 is 9.47 Å². The maximum absolute atomic E-state index is 11.8. The topological polar surface area (TPSA) is 52.6 Å². The van der Waals surface area contributed by atoms with Gasteiger partial charge in [-0.05, 0) is 55.3 Å². The number of methoxy groups -OCH3 is 1. The molecule has 0 bridgehead atoms. The minimum Gasteiger partial charge on any atom is -0.497 e. The van der Waals surface area contributed by atoms with Gasteiger partial charge in [0.25, 0.3) is 0 Å². The van der Waals surface area contributed by atoms with Crippen molar-refractivity contribution in [3.8, 4) is 11.5 Å². The van der Waals surface area contributed by atoms with Crippen molar-refractivity contribution in [2.24, 2.45) is 0 Å². The maximum Gasteiger partial charge on any atom is 0.311 e. The van der Waals surface area contributed by atoms with E-state index in [0.29, 0.717) is 24.2 Å². The molecule has 0 aliphatic rings. The summed E-state index contributed by atoms with van der Waals surface area (Å²) in [5.74, 6) is 0.922. The van der Waals surface area contributed by atoms with Gasteiger partial charge in [0, 0.05) is 12.0 Å². The van der Waals surface area contributed by atoms with Crippen molar-refractivity contribution in [2.45, 2.75) is 19.8 Å². The van der Waals surface area contributed by atoms with Gasteiger partial charge in [-0.15, -0.1) is 0 Å². The average molecular weight is 298 g/mol. The number of benzene rings is 2. The highest BCUT2D eigenvalue weighted by atomic mass is 16.5. The summed E-state index contributed by atoms with van der Waals surface area (Å²) in [7, 11) is 1.61. The lowest BCUT2D eigenvalue weighted by Crippen LogP contribution is -2.09. The van der Waals surface area contributed by atoms with Crippen molar-refractivity contribution in [3.63, 3.8) is 0 Å². The van der Waals surface area contributed by atoms with Crippen molar-refractivity contribution in [3.05, 3.63) is 59.7 Å². The second kappa shape index (κ2) is 7.41. The van der Waals surface area contributed by atoms with Crippen molar-refractivity contribution in [2.75, 3.05) is 7.11 Å². The molecule has 0 heterocycles. The molecule has 0 amide bonds. The Balaban J connectivity index is 1.85. The SMILES string of the molecule is COc1ccc(CCC(=O)Oc2ccc(C(C)=O)cc2)cc1. The van der Waals surface area contributed by atoms with Gasteiger partial charge in [0.1, 0.15) is 11.5 Å². The number of aryl methyl sites for hydroxylation is 1. The molecular weight excluding hydrogens is 280 g/mol. The quantitative estimate of drug-likeness (QED) is 0.466. The Morgan fingerprint density at radius 2 is 1.50 bits per heavy atom. The first kappa shape index (κ1) is 15.8. The van der Waals surface area contributed by atoms with Crippen LogP contribution >= 0.6 is 0 Å². The van der Waals surface area contributed by atoms with Gasteiger partial charge in [0.05, 0.1) is 7.11 Å². The first-order valence-corrected chi connectivity index (χ1v) is 7.03. The third-order valence-electron chi connectivity index (χ3n) is 3.27. The molecule has 2 rings (SSSR count). The van der Waals surface area contributed by atoms with E-state index in [1.54, 1.807) is 31.4 Å². The zero-order valence-electron chi connectivity index (χ0n) is 12.7. The smallest absolute Gasteiger partial charge is 0.311 e. The van der Waals surface area contributed by atoms with Gasteiger partial charge in [-0.25, -0.2) is 0 Å². The Kier molecular flexibility index (Phi) is 5.31. The zero-order chi connectivity index (χ0) is 15.9. The monoisotopic (exact) mass is 298 g/mol. The molecule has 0 saturated heterocycles. The molecular formula is C18H18O4. The number of carbonyl (C=O) groups is 2. The van der Waals surface area contributed by atoms with Gasteiger partial charge >= 0.3 is 5.97 Å². The molecule has 0 spiro atoms. The van der Waals surface area contributed by atoms with E-state index in [-0.39, 0.29) is 11.8 Å². The molecule has 114 valence electrons. The molecule has 4 heteroatoms. The molecule has 0 aliphatic carbocycles. The summed E-state index contributed by atoms with van der Waals surface area (Å²) >= 11 is 0. The molecule has 0 N–H and O–H groups in total. The summed E-state index contributed by atoms with van der Waals surface area (Å²) in [6, 6.07) is 14.1. The van der Waals surface area contributed by atoms with Crippen molar-refractivity contribution >= 4 is 11.8 Å². The maximum atomic E-state index is 11.8. The summed E-state index contributed by atoms with van der Waals surface area (Å²) < 4.78 is 10.3. The van der Waals surface area contributed by atoms with E-state index in [0.717, 1.165) is 11.3 Å². The van der Waals surface area contributed by atoms with Crippen molar-refractivity contribution in [1.82, 2.24) is 0 Å². The van der Waals surface area contributed by atoms with Gasteiger partial charge in [-0.2, -0.15) is 0 Å². The summed E-state index contributed by atoms with van der Waals surface area (Å²) in [6.07, 6.45) is 0.898. The first-order valence-electron chi connectivity index (χ1n) is 7.03. The fourth-order valence-electron chi connectivity index (χ4n) is 1.98. The fraction of sp³-hybridized carbons (Fsp3) is 0.222. The molecule has 0 atom stereocenters. The van der Waals surface area contributed by atoms with E-state index in [9.17, 15) is 9.59 Å². The zero-order valence-corrected chi connectivity index (χ0v) is 12.7. The Bertz CT molecular complexity index is 642. The molecule has 2 aromatic carbocycles. The lowest BCUT2D eigenvalue weighted by Gasteiger charge is -2.06. The summed E-state index contributed by atoms with van der Waals surface area (Å²) in [5, 5.41) is 0. The van der Waals surface area contributed by atoms with Crippen LogP contribution in [0.25, 0.3) is 0 Å². The molecule has 2 aromatic rings. The number of hydrogen-bond donors (Lipinski definition) is 0. The van der Waals surface area contributed by atoms with Crippen LogP contribution in [0.1, 0.15) is 29.3 Å². The molecule has 0 unspecified atom stereocenters. The molecule has 0 fully saturated rings. The second-order valence-electron chi connectivity index (χ2n) is 4.90. The Hall–Kier alpha value is -2.62. The van der Waals surface area contributed by atoms with Gasteiger partial charge in [0.2, 0.25) is 0 Å². The van der Waals surface area contributed by atoms with E-state index < -0.39 is 0 Å². The van der Waals surface area contributed by atoms with Crippen LogP contribution in [-0.4, -0.2) is 18.9 Å². The van der Waals surface area contributed by atoms with Crippen LogP contribution in [0, 0.1) is 0 Å². The van der Waals surface area contributed by atoms with E-state index >= 15 is 0 Å². The second-order valence-corrected chi connectivity index (χ2v) is 4.90. The lowest BCUT2D eigenvalue weighted by molar-refractivity contribution is -0.134. The number of hydrogen-bond acceptors (Lipinski definition) is 4. The first-order chi connectivity index (χ1) is 10.6. The highest BCUT2D eigenvalue weighted by Gasteiger charge is 2.07. The molecule has 4 nitrogen and oxygen atoms in total. The highest BCUT2D eigenvalue weighted by molar-refractivity contribution is 5.94. The van der Waals surface area contributed by atoms with E-state index in [1.165, 1.54) is 6.92 Å². The molecule has 0 saturated carbocycles. The largest absolute Gasteiger partial charge is 0.497 e. The third kappa shape index (κ3) is 4.45. The van der Waals surface area contributed by atoms with Crippen LogP contribution in [0.4, 0.5) is 0 Å². The highest BCUT2D eigenvalue weighted by Crippen LogP contribution is 2.15. The predicted octanol–water partition coefficient (Wildman–Crippen LogP) is 3.44. The number of carbonyl (C=O) groups excluding carboxylic acids is 2.